The van der Waals surface area contributed by atoms with Gasteiger partial charge in [-0.1, -0.05) is 17.7 Å². The second-order valence-electron chi connectivity index (χ2n) is 4.42. The lowest BCUT2D eigenvalue weighted by Crippen LogP contribution is -2.10. The Labute approximate surface area is 126 Å². The molecule has 0 bridgehead atoms. The highest BCUT2D eigenvalue weighted by Gasteiger charge is 2.15. The molecule has 0 N–H and O–H groups in total. The number of benzene rings is 1. The van der Waals surface area contributed by atoms with Gasteiger partial charge in [0.1, 0.15) is 4.60 Å². The quantitative estimate of drug-likeness (QED) is 0.770. The van der Waals surface area contributed by atoms with Crippen molar-refractivity contribution in [3.8, 4) is 0 Å². The highest BCUT2D eigenvalue weighted by Crippen LogP contribution is 2.15. The van der Waals surface area contributed by atoms with E-state index >= 15 is 0 Å². The normalized spacial score (nSPS) is 11.8. The molecule has 20 heavy (non-hydrogen) atoms. The summed E-state index contributed by atoms with van der Waals surface area (Å²) < 4.78 is 31.4. The molecule has 0 fully saturated rings. The molecule has 0 radical (unpaired) electrons. The molecule has 2 aromatic rings. The van der Waals surface area contributed by atoms with Crippen LogP contribution in [0.3, 0.4) is 0 Å². The minimum atomic E-state index is -3.69. The summed E-state index contributed by atoms with van der Waals surface area (Å²) in [5.41, 5.74) is 1.90. The van der Waals surface area contributed by atoms with Crippen LogP contribution in [0.25, 0.3) is 0 Å². The zero-order chi connectivity index (χ0) is 14.8. The first kappa shape index (κ1) is 15.2. The van der Waals surface area contributed by atoms with Crippen LogP contribution in [-0.2, 0) is 27.8 Å². The number of hydrogen-bond donors (Lipinski definition) is 0. The van der Waals surface area contributed by atoms with E-state index in [2.05, 4.69) is 21.0 Å². The number of hydrogen-bond acceptors (Lipinski definition) is 4. The van der Waals surface area contributed by atoms with Crippen LogP contribution in [0.5, 0.6) is 0 Å². The predicted molar refractivity (Wildman–Crippen MR) is 78.9 cm³/mol. The lowest BCUT2D eigenvalue weighted by molar-refractivity contribution is 0.319. The van der Waals surface area contributed by atoms with Crippen molar-refractivity contribution in [2.45, 2.75) is 18.2 Å². The summed E-state index contributed by atoms with van der Waals surface area (Å²) in [5, 5.41) is 4.12. The first-order valence-electron chi connectivity index (χ1n) is 6.03. The molecule has 1 aromatic carbocycles. The van der Waals surface area contributed by atoms with E-state index < -0.39 is 10.1 Å². The number of aryl methyl sites for hydroxylation is 2. The number of aromatic nitrogens is 2. The van der Waals surface area contributed by atoms with Gasteiger partial charge in [-0.3, -0.25) is 8.86 Å². The van der Waals surface area contributed by atoms with E-state index in [1.165, 1.54) is 0 Å². The molecule has 0 unspecified atom stereocenters. The van der Waals surface area contributed by atoms with Crippen molar-refractivity contribution in [1.82, 2.24) is 9.78 Å². The highest BCUT2D eigenvalue weighted by molar-refractivity contribution is 9.10. The molecule has 0 aliphatic rings. The molecule has 0 aliphatic carbocycles. The summed E-state index contributed by atoms with van der Waals surface area (Å²) in [7, 11) is -1.89. The van der Waals surface area contributed by atoms with Crippen LogP contribution < -0.4 is 0 Å². The fraction of sp³-hybridized carbons (Fsp3) is 0.308. The summed E-state index contributed by atoms with van der Waals surface area (Å²) in [6.07, 6.45) is 0.472. The van der Waals surface area contributed by atoms with E-state index in [0.29, 0.717) is 6.42 Å². The first-order valence-corrected chi connectivity index (χ1v) is 8.23. The molecular weight excluding hydrogens is 344 g/mol. The topological polar surface area (TPSA) is 61.2 Å². The Kier molecular flexibility index (Phi) is 4.62. The smallest absolute Gasteiger partial charge is 0.271 e. The zero-order valence-corrected chi connectivity index (χ0v) is 13.6. The molecule has 0 atom stereocenters. The van der Waals surface area contributed by atoms with E-state index in [1.807, 2.05) is 13.0 Å². The summed E-state index contributed by atoms with van der Waals surface area (Å²) in [6, 6.07) is 8.42. The molecule has 108 valence electrons. The van der Waals surface area contributed by atoms with Crippen LogP contribution in [0.1, 0.15) is 11.3 Å². The maximum Gasteiger partial charge on any atom is 0.296 e. The monoisotopic (exact) mass is 358 g/mol. The standard InChI is InChI=1S/C13H15BrN2O3S/c1-10-3-5-12(6-4-10)20(17,18)19-8-7-11-9-13(14)15-16(11)2/h3-6,9H,7-8H2,1-2H3. The van der Waals surface area contributed by atoms with Crippen molar-refractivity contribution in [3.05, 3.63) is 46.2 Å². The SMILES string of the molecule is Cc1ccc(S(=O)(=O)OCCc2cc(Br)nn2C)cc1. The maximum atomic E-state index is 12.0. The Balaban J connectivity index is 1.99. The van der Waals surface area contributed by atoms with E-state index in [9.17, 15) is 8.42 Å². The van der Waals surface area contributed by atoms with Crippen LogP contribution >= 0.6 is 15.9 Å². The van der Waals surface area contributed by atoms with Crippen LogP contribution in [0, 0.1) is 6.92 Å². The van der Waals surface area contributed by atoms with Gasteiger partial charge in [-0.05, 0) is 41.1 Å². The molecule has 5 nitrogen and oxygen atoms in total. The fourth-order valence-electron chi connectivity index (χ4n) is 1.73. The van der Waals surface area contributed by atoms with Gasteiger partial charge in [0.05, 0.1) is 11.5 Å². The minimum Gasteiger partial charge on any atom is -0.271 e. The molecular formula is C13H15BrN2O3S. The van der Waals surface area contributed by atoms with Crippen molar-refractivity contribution in [3.63, 3.8) is 0 Å². The summed E-state index contributed by atoms with van der Waals surface area (Å²) in [6.45, 7) is 1.99. The number of halogens is 1. The fourth-order valence-corrected chi connectivity index (χ4v) is 3.14. The first-order chi connectivity index (χ1) is 9.38. The number of nitrogens with zero attached hydrogens (tertiary/aromatic N) is 2. The lowest BCUT2D eigenvalue weighted by Gasteiger charge is -2.06. The molecule has 7 heteroatoms. The van der Waals surface area contributed by atoms with Crippen LogP contribution in [0.15, 0.2) is 39.8 Å². The predicted octanol–water partition coefficient (Wildman–Crippen LogP) is 2.44. The molecule has 0 saturated heterocycles. The molecule has 2 rings (SSSR count). The largest absolute Gasteiger partial charge is 0.296 e. The van der Waals surface area contributed by atoms with Gasteiger partial charge < -0.3 is 0 Å². The van der Waals surface area contributed by atoms with Gasteiger partial charge in [0.25, 0.3) is 10.1 Å². The Morgan fingerprint density at radius 2 is 1.95 bits per heavy atom. The molecule has 0 saturated carbocycles. The highest BCUT2D eigenvalue weighted by atomic mass is 79.9. The van der Waals surface area contributed by atoms with Gasteiger partial charge >= 0.3 is 0 Å². The third-order valence-electron chi connectivity index (χ3n) is 2.85. The Morgan fingerprint density at radius 3 is 2.50 bits per heavy atom. The minimum absolute atomic E-state index is 0.0855. The summed E-state index contributed by atoms with van der Waals surface area (Å²) >= 11 is 3.27. The second kappa shape index (κ2) is 6.07. The van der Waals surface area contributed by atoms with E-state index in [-0.39, 0.29) is 11.5 Å². The van der Waals surface area contributed by atoms with Gasteiger partial charge in [-0.2, -0.15) is 13.5 Å². The van der Waals surface area contributed by atoms with Crippen molar-refractivity contribution < 1.29 is 12.6 Å². The van der Waals surface area contributed by atoms with Gasteiger partial charge in [0, 0.05) is 19.2 Å². The van der Waals surface area contributed by atoms with E-state index in [0.717, 1.165) is 15.9 Å². The Bertz CT molecular complexity index is 693. The second-order valence-corrected chi connectivity index (χ2v) is 6.85. The molecule has 0 spiro atoms. The van der Waals surface area contributed by atoms with Crippen molar-refractivity contribution >= 4 is 26.0 Å². The van der Waals surface area contributed by atoms with Crippen LogP contribution in [-0.4, -0.2) is 24.8 Å². The summed E-state index contributed by atoms with van der Waals surface area (Å²) in [4.78, 5) is 0.175. The van der Waals surface area contributed by atoms with E-state index in [1.54, 1.807) is 36.0 Å². The number of rotatable bonds is 5. The van der Waals surface area contributed by atoms with Gasteiger partial charge in [-0.25, -0.2) is 0 Å². The van der Waals surface area contributed by atoms with Gasteiger partial charge in [-0.15, -0.1) is 0 Å². The molecule has 0 aliphatic heterocycles. The van der Waals surface area contributed by atoms with Crippen LogP contribution in [0.2, 0.25) is 0 Å². The van der Waals surface area contributed by atoms with E-state index in [4.69, 9.17) is 4.18 Å². The van der Waals surface area contributed by atoms with Gasteiger partial charge in [0.15, 0.2) is 0 Å². The van der Waals surface area contributed by atoms with Crippen molar-refractivity contribution in [2.24, 2.45) is 7.05 Å². The van der Waals surface area contributed by atoms with Crippen molar-refractivity contribution in [1.29, 1.82) is 0 Å². The Hall–Kier alpha value is -1.18. The third-order valence-corrected chi connectivity index (χ3v) is 4.57. The Morgan fingerprint density at radius 1 is 1.30 bits per heavy atom. The van der Waals surface area contributed by atoms with Crippen LogP contribution in [0.4, 0.5) is 0 Å². The average molecular weight is 359 g/mol. The molecule has 1 aromatic heterocycles. The van der Waals surface area contributed by atoms with Crippen molar-refractivity contribution in [2.75, 3.05) is 6.61 Å². The molecule has 0 amide bonds. The molecule has 1 heterocycles. The lowest BCUT2D eigenvalue weighted by atomic mass is 10.2. The third kappa shape index (κ3) is 3.68. The summed E-state index contributed by atoms with van der Waals surface area (Å²) in [5.74, 6) is 0. The average Bonchev–Trinajstić information content (AvgIpc) is 2.68. The van der Waals surface area contributed by atoms with Gasteiger partial charge in [0.2, 0.25) is 0 Å². The zero-order valence-electron chi connectivity index (χ0n) is 11.2. The maximum absolute atomic E-state index is 12.0.